The predicted octanol–water partition coefficient (Wildman–Crippen LogP) is 4.44. The Balaban J connectivity index is 2.31. The maximum Gasteiger partial charge on any atom is 0.100 e. The molecule has 2 nitrogen and oxygen atoms in total. The lowest BCUT2D eigenvalue weighted by atomic mass is 10.3. The monoisotopic (exact) mass is 306 g/mol. The van der Waals surface area contributed by atoms with E-state index in [4.69, 9.17) is 11.6 Å². The molecule has 0 saturated heterocycles. The number of halogens is 2. The van der Waals surface area contributed by atoms with Gasteiger partial charge in [-0.05, 0) is 40.2 Å². The molecule has 0 unspecified atom stereocenters. The van der Waals surface area contributed by atoms with Crippen molar-refractivity contribution >= 4 is 38.6 Å². The van der Waals surface area contributed by atoms with E-state index in [2.05, 4.69) is 20.9 Å². The molecule has 1 aromatic heterocycles. The average molecular weight is 308 g/mol. The van der Waals surface area contributed by atoms with Crippen LogP contribution in [0.3, 0.4) is 0 Å². The summed E-state index contributed by atoms with van der Waals surface area (Å²) in [6.07, 6.45) is 1.79. The van der Waals surface area contributed by atoms with Gasteiger partial charge in [0.1, 0.15) is 6.33 Å². The third kappa shape index (κ3) is 1.75. The molecule has 0 aliphatic carbocycles. The highest BCUT2D eigenvalue weighted by Gasteiger charge is 2.09. The van der Waals surface area contributed by atoms with Crippen molar-refractivity contribution in [3.05, 3.63) is 58.3 Å². The van der Waals surface area contributed by atoms with Crippen molar-refractivity contribution in [1.29, 1.82) is 0 Å². The first-order valence-electron chi connectivity index (χ1n) is 5.14. The zero-order valence-electron chi connectivity index (χ0n) is 8.77. The van der Waals surface area contributed by atoms with Crippen LogP contribution in [-0.4, -0.2) is 9.55 Å². The Hall–Kier alpha value is -1.32. The topological polar surface area (TPSA) is 17.8 Å². The van der Waals surface area contributed by atoms with Gasteiger partial charge in [0.2, 0.25) is 0 Å². The average Bonchev–Trinajstić information content (AvgIpc) is 2.77. The van der Waals surface area contributed by atoms with Gasteiger partial charge in [-0.25, -0.2) is 4.98 Å². The van der Waals surface area contributed by atoms with Crippen LogP contribution in [0.4, 0.5) is 0 Å². The fourth-order valence-corrected chi connectivity index (χ4v) is 2.40. The van der Waals surface area contributed by atoms with Gasteiger partial charge in [0, 0.05) is 4.47 Å². The highest BCUT2D eigenvalue weighted by molar-refractivity contribution is 9.10. The Morgan fingerprint density at radius 2 is 1.88 bits per heavy atom. The van der Waals surface area contributed by atoms with Gasteiger partial charge in [-0.3, -0.25) is 4.57 Å². The van der Waals surface area contributed by atoms with Gasteiger partial charge in [0.25, 0.3) is 0 Å². The molecule has 3 aromatic rings. The van der Waals surface area contributed by atoms with Crippen LogP contribution in [-0.2, 0) is 0 Å². The number of imidazole rings is 1. The number of fused-ring (bicyclic) bond motifs is 1. The molecular weight excluding hydrogens is 300 g/mol. The minimum absolute atomic E-state index is 0.690. The van der Waals surface area contributed by atoms with Crippen molar-refractivity contribution in [3.63, 3.8) is 0 Å². The van der Waals surface area contributed by atoms with Crippen molar-refractivity contribution in [3.8, 4) is 5.69 Å². The summed E-state index contributed by atoms with van der Waals surface area (Å²) in [7, 11) is 0. The molecule has 0 amide bonds. The number of hydrogen-bond donors (Lipinski definition) is 0. The van der Waals surface area contributed by atoms with E-state index >= 15 is 0 Å². The van der Waals surface area contributed by atoms with Crippen molar-refractivity contribution in [1.82, 2.24) is 9.55 Å². The van der Waals surface area contributed by atoms with Crippen LogP contribution in [0, 0.1) is 0 Å². The Labute approximate surface area is 112 Å². The first-order valence-corrected chi connectivity index (χ1v) is 6.31. The van der Waals surface area contributed by atoms with E-state index < -0.39 is 0 Å². The van der Waals surface area contributed by atoms with E-state index in [1.807, 2.05) is 47.0 Å². The summed E-state index contributed by atoms with van der Waals surface area (Å²) in [6.45, 7) is 0. The van der Waals surface area contributed by atoms with Crippen LogP contribution in [0.5, 0.6) is 0 Å². The zero-order chi connectivity index (χ0) is 11.8. The first kappa shape index (κ1) is 10.8. The summed E-state index contributed by atoms with van der Waals surface area (Å²) in [5.41, 5.74) is 2.94. The Bertz CT molecular complexity index is 691. The van der Waals surface area contributed by atoms with Gasteiger partial charge in [0.05, 0.1) is 21.7 Å². The summed E-state index contributed by atoms with van der Waals surface area (Å²) >= 11 is 9.72. The number of nitrogens with zero attached hydrogens (tertiary/aromatic N) is 2. The van der Waals surface area contributed by atoms with E-state index in [1.54, 1.807) is 6.33 Å². The molecule has 0 N–H and O–H groups in total. The van der Waals surface area contributed by atoms with Gasteiger partial charge in [0.15, 0.2) is 0 Å². The molecule has 0 bridgehead atoms. The summed E-state index contributed by atoms with van der Waals surface area (Å²) in [5, 5.41) is 0.690. The zero-order valence-corrected chi connectivity index (χ0v) is 11.1. The highest BCUT2D eigenvalue weighted by atomic mass is 79.9. The first-order chi connectivity index (χ1) is 8.27. The largest absolute Gasteiger partial charge is 0.297 e. The third-order valence-electron chi connectivity index (χ3n) is 2.64. The molecule has 0 radical (unpaired) electrons. The van der Waals surface area contributed by atoms with E-state index in [0.717, 1.165) is 21.2 Å². The second kappa shape index (κ2) is 4.17. The smallest absolute Gasteiger partial charge is 0.100 e. The number of hydrogen-bond acceptors (Lipinski definition) is 1. The molecule has 17 heavy (non-hydrogen) atoms. The molecule has 0 aliphatic heterocycles. The van der Waals surface area contributed by atoms with Crippen LogP contribution in [0.25, 0.3) is 16.7 Å². The van der Waals surface area contributed by atoms with Gasteiger partial charge in [-0.15, -0.1) is 0 Å². The van der Waals surface area contributed by atoms with E-state index in [1.165, 1.54) is 0 Å². The molecule has 1 heterocycles. The molecule has 0 spiro atoms. The molecule has 2 aromatic carbocycles. The minimum Gasteiger partial charge on any atom is -0.297 e. The fraction of sp³-hybridized carbons (Fsp3) is 0. The maximum absolute atomic E-state index is 6.29. The number of benzene rings is 2. The van der Waals surface area contributed by atoms with Crippen molar-refractivity contribution in [2.75, 3.05) is 0 Å². The Morgan fingerprint density at radius 1 is 1.06 bits per heavy atom. The van der Waals surface area contributed by atoms with Crippen LogP contribution in [0.1, 0.15) is 0 Å². The summed E-state index contributed by atoms with van der Waals surface area (Å²) < 4.78 is 2.87. The van der Waals surface area contributed by atoms with E-state index in [9.17, 15) is 0 Å². The van der Waals surface area contributed by atoms with Gasteiger partial charge in [-0.1, -0.05) is 29.8 Å². The normalized spacial score (nSPS) is 10.9. The van der Waals surface area contributed by atoms with Crippen LogP contribution < -0.4 is 0 Å². The van der Waals surface area contributed by atoms with E-state index in [0.29, 0.717) is 5.02 Å². The highest BCUT2D eigenvalue weighted by Crippen LogP contribution is 2.30. The summed E-state index contributed by atoms with van der Waals surface area (Å²) in [5.74, 6) is 0. The summed E-state index contributed by atoms with van der Waals surface area (Å²) in [6, 6.07) is 13.8. The molecule has 84 valence electrons. The molecule has 0 aliphatic rings. The van der Waals surface area contributed by atoms with Gasteiger partial charge >= 0.3 is 0 Å². The fourth-order valence-electron chi connectivity index (χ4n) is 1.83. The number of para-hydroxylation sites is 2. The lowest BCUT2D eigenvalue weighted by molar-refractivity contribution is 1.09. The molecule has 0 fully saturated rings. The quantitative estimate of drug-likeness (QED) is 0.650. The van der Waals surface area contributed by atoms with Gasteiger partial charge in [-0.2, -0.15) is 0 Å². The molecular formula is C13H8BrClN2. The Morgan fingerprint density at radius 3 is 2.76 bits per heavy atom. The van der Waals surface area contributed by atoms with Crippen LogP contribution in [0.15, 0.2) is 53.3 Å². The van der Waals surface area contributed by atoms with Crippen molar-refractivity contribution in [2.24, 2.45) is 0 Å². The van der Waals surface area contributed by atoms with E-state index in [-0.39, 0.29) is 0 Å². The number of aromatic nitrogens is 2. The lowest BCUT2D eigenvalue weighted by Gasteiger charge is -2.07. The van der Waals surface area contributed by atoms with Gasteiger partial charge < -0.3 is 0 Å². The molecule has 0 atom stereocenters. The second-order valence-corrected chi connectivity index (χ2v) is 4.91. The lowest BCUT2D eigenvalue weighted by Crippen LogP contribution is -1.93. The SMILES string of the molecule is Clc1c(Br)cccc1-n1cnc2ccccc21. The standard InChI is InChI=1S/C13H8BrClN2/c14-9-4-3-7-12(13(9)15)17-8-16-10-5-1-2-6-11(10)17/h1-8H. The van der Waals surface area contributed by atoms with Crippen LogP contribution >= 0.6 is 27.5 Å². The third-order valence-corrected chi connectivity index (χ3v) is 3.93. The van der Waals surface area contributed by atoms with Crippen LogP contribution in [0.2, 0.25) is 5.02 Å². The maximum atomic E-state index is 6.29. The van der Waals surface area contributed by atoms with Crippen molar-refractivity contribution in [2.45, 2.75) is 0 Å². The molecule has 3 rings (SSSR count). The summed E-state index contributed by atoms with van der Waals surface area (Å²) in [4.78, 5) is 4.35. The predicted molar refractivity (Wildman–Crippen MR) is 73.8 cm³/mol. The number of rotatable bonds is 1. The van der Waals surface area contributed by atoms with Crippen molar-refractivity contribution < 1.29 is 0 Å². The minimum atomic E-state index is 0.690. The molecule has 0 saturated carbocycles. The second-order valence-electron chi connectivity index (χ2n) is 3.68. The molecule has 4 heteroatoms. The Kier molecular flexibility index (Phi) is 2.65.